The predicted octanol–water partition coefficient (Wildman–Crippen LogP) is 4.06. The number of pyridine rings is 1. The van der Waals surface area contributed by atoms with Crippen molar-refractivity contribution in [1.29, 1.82) is 0 Å². The molecule has 0 radical (unpaired) electrons. The normalized spacial score (nSPS) is 10.6. The molecule has 2 aromatic carbocycles. The molecule has 11 heteroatoms. The van der Waals surface area contributed by atoms with Crippen LogP contribution in [0.25, 0.3) is 10.9 Å². The average molecular weight is 492 g/mol. The molecule has 2 aromatic heterocycles. The van der Waals surface area contributed by atoms with Gasteiger partial charge in [-0.2, -0.15) is 5.10 Å². The Kier molecular flexibility index (Phi) is 6.91. The fourth-order valence-electron chi connectivity index (χ4n) is 3.65. The molecular weight excluding hydrogens is 466 g/mol. The molecule has 0 saturated heterocycles. The summed E-state index contributed by atoms with van der Waals surface area (Å²) in [7, 11) is 6.20. The van der Waals surface area contributed by atoms with Crippen LogP contribution < -0.4 is 29.6 Å². The standard InChI is InChI=1S/C25H25N5O6/c1-14-10-19(30(2)29-14)24(31)28-25(32)27-17-7-6-15(11-21(17)33-3)36-20-8-9-26-18-13-23(35-5)22(34-4)12-16(18)20/h6-13H,1-5H3,(H2,27,28,31,32). The van der Waals surface area contributed by atoms with Gasteiger partial charge in [-0.1, -0.05) is 0 Å². The molecule has 3 amide bonds. The van der Waals surface area contributed by atoms with E-state index in [2.05, 4.69) is 20.7 Å². The highest BCUT2D eigenvalue weighted by molar-refractivity contribution is 6.07. The van der Waals surface area contributed by atoms with Crippen molar-refractivity contribution in [2.45, 2.75) is 6.92 Å². The summed E-state index contributed by atoms with van der Waals surface area (Å²) in [6, 6.07) is 11.0. The van der Waals surface area contributed by atoms with E-state index in [9.17, 15) is 9.59 Å². The molecule has 0 saturated carbocycles. The molecule has 4 aromatic rings. The summed E-state index contributed by atoms with van der Waals surface area (Å²) in [5.41, 5.74) is 1.94. The number of aromatic nitrogens is 3. The van der Waals surface area contributed by atoms with Crippen LogP contribution in [-0.4, -0.2) is 48.0 Å². The van der Waals surface area contributed by atoms with Crippen LogP contribution >= 0.6 is 0 Å². The minimum Gasteiger partial charge on any atom is -0.494 e. The molecule has 2 heterocycles. The number of hydrogen-bond donors (Lipinski definition) is 2. The summed E-state index contributed by atoms with van der Waals surface area (Å²) in [4.78, 5) is 29.2. The number of benzene rings is 2. The van der Waals surface area contributed by atoms with Gasteiger partial charge in [0, 0.05) is 30.8 Å². The van der Waals surface area contributed by atoms with Gasteiger partial charge in [0.25, 0.3) is 5.91 Å². The van der Waals surface area contributed by atoms with Crippen molar-refractivity contribution in [3.63, 3.8) is 0 Å². The van der Waals surface area contributed by atoms with Crippen molar-refractivity contribution >= 4 is 28.5 Å². The Hall–Kier alpha value is -4.80. The number of anilines is 1. The third kappa shape index (κ3) is 4.99. The summed E-state index contributed by atoms with van der Waals surface area (Å²) >= 11 is 0. The topological polar surface area (TPSA) is 126 Å². The molecule has 0 bridgehead atoms. The van der Waals surface area contributed by atoms with E-state index in [0.29, 0.717) is 45.6 Å². The van der Waals surface area contributed by atoms with Crippen LogP contribution in [0.4, 0.5) is 10.5 Å². The van der Waals surface area contributed by atoms with Crippen molar-refractivity contribution in [2.24, 2.45) is 7.05 Å². The number of imide groups is 1. The maximum absolute atomic E-state index is 12.4. The van der Waals surface area contributed by atoms with Gasteiger partial charge >= 0.3 is 6.03 Å². The van der Waals surface area contributed by atoms with Gasteiger partial charge in [-0.3, -0.25) is 19.8 Å². The molecule has 0 aliphatic carbocycles. The van der Waals surface area contributed by atoms with Crippen molar-refractivity contribution in [3.8, 4) is 28.7 Å². The van der Waals surface area contributed by atoms with Gasteiger partial charge in [-0.25, -0.2) is 4.79 Å². The Labute approximate surface area is 206 Å². The van der Waals surface area contributed by atoms with Crippen molar-refractivity contribution < 1.29 is 28.5 Å². The second-order valence-corrected chi connectivity index (χ2v) is 7.70. The van der Waals surface area contributed by atoms with E-state index in [4.69, 9.17) is 18.9 Å². The summed E-state index contributed by atoms with van der Waals surface area (Å²) < 4.78 is 23.7. The number of ether oxygens (including phenoxy) is 4. The smallest absolute Gasteiger partial charge is 0.326 e. The van der Waals surface area contributed by atoms with Gasteiger partial charge in [0.05, 0.1) is 38.2 Å². The highest BCUT2D eigenvalue weighted by atomic mass is 16.5. The molecule has 0 aliphatic heterocycles. The summed E-state index contributed by atoms with van der Waals surface area (Å²) in [6.07, 6.45) is 1.63. The number of methoxy groups -OCH3 is 3. The highest BCUT2D eigenvalue weighted by Crippen LogP contribution is 2.38. The van der Waals surface area contributed by atoms with E-state index >= 15 is 0 Å². The first-order valence-electron chi connectivity index (χ1n) is 10.8. The lowest BCUT2D eigenvalue weighted by atomic mass is 10.2. The lowest BCUT2D eigenvalue weighted by Crippen LogP contribution is -2.35. The number of amides is 3. The molecule has 0 fully saturated rings. The first-order chi connectivity index (χ1) is 17.3. The number of carbonyl (C=O) groups is 2. The Morgan fingerprint density at radius 3 is 2.28 bits per heavy atom. The van der Waals surface area contributed by atoms with E-state index in [1.165, 1.54) is 11.8 Å². The van der Waals surface area contributed by atoms with Crippen LogP contribution in [0.15, 0.2) is 48.7 Å². The lowest BCUT2D eigenvalue weighted by Gasteiger charge is -2.14. The summed E-state index contributed by atoms with van der Waals surface area (Å²) in [6.45, 7) is 1.76. The molecule has 0 aliphatic rings. The second-order valence-electron chi connectivity index (χ2n) is 7.70. The number of fused-ring (bicyclic) bond motifs is 1. The van der Waals surface area contributed by atoms with Crippen LogP contribution in [0, 0.1) is 6.92 Å². The fourth-order valence-corrected chi connectivity index (χ4v) is 3.65. The molecule has 36 heavy (non-hydrogen) atoms. The number of hydrogen-bond acceptors (Lipinski definition) is 8. The SMILES string of the molecule is COc1cc(Oc2ccnc3cc(OC)c(OC)cc23)ccc1NC(=O)NC(=O)c1cc(C)nn1C. The monoisotopic (exact) mass is 491 g/mol. The van der Waals surface area contributed by atoms with Crippen molar-refractivity contribution in [3.05, 3.63) is 60.0 Å². The van der Waals surface area contributed by atoms with Crippen LogP contribution in [0.3, 0.4) is 0 Å². The van der Waals surface area contributed by atoms with Gasteiger partial charge in [0.2, 0.25) is 0 Å². The summed E-state index contributed by atoms with van der Waals surface area (Å²) in [5.74, 6) is 1.86. The zero-order chi connectivity index (χ0) is 25.8. The number of nitrogens with zero attached hydrogens (tertiary/aromatic N) is 3. The predicted molar refractivity (Wildman–Crippen MR) is 132 cm³/mol. The van der Waals surface area contributed by atoms with Crippen LogP contribution in [0.1, 0.15) is 16.2 Å². The number of nitrogens with one attached hydrogen (secondary N) is 2. The molecule has 11 nitrogen and oxygen atoms in total. The van der Waals surface area contributed by atoms with E-state index in [0.717, 1.165) is 5.39 Å². The van der Waals surface area contributed by atoms with Crippen LogP contribution in [0.2, 0.25) is 0 Å². The quantitative estimate of drug-likeness (QED) is 0.396. The maximum Gasteiger partial charge on any atom is 0.326 e. The molecule has 0 unspecified atom stereocenters. The maximum atomic E-state index is 12.4. The van der Waals surface area contributed by atoms with E-state index in [-0.39, 0.29) is 5.69 Å². The fraction of sp³-hybridized carbons (Fsp3) is 0.200. The van der Waals surface area contributed by atoms with Crippen LogP contribution in [0.5, 0.6) is 28.7 Å². The number of aryl methyl sites for hydroxylation is 2. The third-order valence-corrected chi connectivity index (χ3v) is 5.32. The Morgan fingerprint density at radius 2 is 1.61 bits per heavy atom. The van der Waals surface area contributed by atoms with E-state index in [1.807, 2.05) is 0 Å². The minimum absolute atomic E-state index is 0.261. The molecule has 0 spiro atoms. The highest BCUT2D eigenvalue weighted by Gasteiger charge is 2.17. The Balaban J connectivity index is 1.53. The van der Waals surface area contributed by atoms with Crippen LogP contribution in [-0.2, 0) is 7.05 Å². The van der Waals surface area contributed by atoms with E-state index < -0.39 is 11.9 Å². The summed E-state index contributed by atoms with van der Waals surface area (Å²) in [5, 5.41) is 9.72. The minimum atomic E-state index is -0.716. The molecule has 4 rings (SSSR count). The van der Waals surface area contributed by atoms with Gasteiger partial charge in [0.1, 0.15) is 22.9 Å². The van der Waals surface area contributed by atoms with Gasteiger partial charge in [0.15, 0.2) is 11.5 Å². The number of carbonyl (C=O) groups excluding carboxylic acids is 2. The lowest BCUT2D eigenvalue weighted by molar-refractivity contribution is 0.0958. The van der Waals surface area contributed by atoms with Crippen molar-refractivity contribution in [2.75, 3.05) is 26.6 Å². The largest absolute Gasteiger partial charge is 0.494 e. The molecule has 186 valence electrons. The first-order valence-corrected chi connectivity index (χ1v) is 10.8. The average Bonchev–Trinajstić information content (AvgIpc) is 3.21. The first kappa shape index (κ1) is 24.3. The molecule has 0 atom stereocenters. The number of rotatable bonds is 7. The van der Waals surface area contributed by atoms with Gasteiger partial charge < -0.3 is 24.3 Å². The molecule has 2 N–H and O–H groups in total. The Morgan fingerprint density at radius 1 is 0.889 bits per heavy atom. The van der Waals surface area contributed by atoms with E-state index in [1.54, 1.807) is 76.9 Å². The number of urea groups is 1. The zero-order valence-corrected chi connectivity index (χ0v) is 20.4. The second kappa shape index (κ2) is 10.2. The van der Waals surface area contributed by atoms with Gasteiger partial charge in [-0.15, -0.1) is 0 Å². The molecular formula is C25H25N5O6. The van der Waals surface area contributed by atoms with Gasteiger partial charge in [-0.05, 0) is 37.3 Å². The Bertz CT molecular complexity index is 1450. The third-order valence-electron chi connectivity index (χ3n) is 5.32. The van der Waals surface area contributed by atoms with Crippen molar-refractivity contribution in [1.82, 2.24) is 20.1 Å². The zero-order valence-electron chi connectivity index (χ0n) is 20.4.